The van der Waals surface area contributed by atoms with E-state index in [0.29, 0.717) is 12.0 Å². The van der Waals surface area contributed by atoms with Gasteiger partial charge in [0.2, 0.25) is 5.91 Å². The maximum Gasteiger partial charge on any atom is 0.333 e. The highest BCUT2D eigenvalue weighted by molar-refractivity contribution is 8.02. The molecule has 3 heterocycles. The molecule has 2 aliphatic heterocycles. The van der Waals surface area contributed by atoms with Gasteiger partial charge in [-0.05, 0) is 24.6 Å². The summed E-state index contributed by atoms with van der Waals surface area (Å²) in [7, 11) is 1.28. The van der Waals surface area contributed by atoms with Crippen LogP contribution in [0.5, 0.6) is 0 Å². The molecule has 13 nitrogen and oxygen atoms in total. The number of esters is 1. The van der Waals surface area contributed by atoms with Gasteiger partial charge in [0.15, 0.2) is 16.4 Å². The summed E-state index contributed by atoms with van der Waals surface area (Å²) in [6.45, 7) is 1.80. The third kappa shape index (κ3) is 3.57. The van der Waals surface area contributed by atoms with E-state index in [9.17, 15) is 24.5 Å². The summed E-state index contributed by atoms with van der Waals surface area (Å²) in [5.74, 6) is -1.60. The molecule has 5 rings (SSSR count). The Morgan fingerprint density at radius 1 is 1.39 bits per heavy atom. The quantitative estimate of drug-likeness (QED) is 0.164. The van der Waals surface area contributed by atoms with Crippen LogP contribution in [-0.4, -0.2) is 67.1 Å². The van der Waals surface area contributed by atoms with E-state index in [4.69, 9.17) is 15.3 Å². The maximum absolute atomic E-state index is 13.1. The van der Waals surface area contributed by atoms with Crippen LogP contribution in [0.2, 0.25) is 0 Å². The molecule has 36 heavy (non-hydrogen) atoms. The number of amides is 2. The molecular formula is C21H20N6O7S2. The van der Waals surface area contributed by atoms with E-state index >= 15 is 0 Å². The standard InChI is InChI=1S/C21H20N6O7S2/c1-20-9-21(20,18(30)34-7-10-3-5-11(6-4-10)27(31)32)26-16(29)14(17(26)36-20)24-15(28)13(25-33-2)12-8-35-19(22)23-12/h3-6,8,14,17H,7,9H2,1-2H3,(H2,22,23)(H,24,28)/b25-13-/t14-,17-,20?,21-/m1/s1. The van der Waals surface area contributed by atoms with Crippen molar-refractivity contribution in [1.29, 1.82) is 0 Å². The normalized spacial score (nSPS) is 28.0. The van der Waals surface area contributed by atoms with Crippen molar-refractivity contribution in [3.63, 3.8) is 0 Å². The number of thioether (sulfide) groups is 1. The molecule has 3 N–H and O–H groups in total. The highest BCUT2D eigenvalue weighted by atomic mass is 32.2. The Labute approximate surface area is 212 Å². The van der Waals surface area contributed by atoms with Crippen LogP contribution in [0.4, 0.5) is 10.8 Å². The molecule has 1 aromatic heterocycles. The first kappa shape index (κ1) is 24.0. The number of nitrogen functional groups attached to an aromatic ring is 1. The van der Waals surface area contributed by atoms with Crippen molar-refractivity contribution >= 4 is 57.4 Å². The Bertz CT molecular complexity index is 1310. The molecule has 3 fully saturated rings. The van der Waals surface area contributed by atoms with Crippen LogP contribution in [0, 0.1) is 10.1 Å². The van der Waals surface area contributed by atoms with Gasteiger partial charge in [0.25, 0.3) is 11.6 Å². The predicted octanol–water partition coefficient (Wildman–Crippen LogP) is 1.03. The Morgan fingerprint density at radius 2 is 2.11 bits per heavy atom. The number of carbonyl (C=O) groups is 3. The number of carbonyl (C=O) groups excluding carboxylic acids is 3. The summed E-state index contributed by atoms with van der Waals surface area (Å²) in [5.41, 5.74) is 5.16. The molecule has 0 radical (unpaired) electrons. The molecule has 3 aliphatic rings. The fourth-order valence-corrected chi connectivity index (χ4v) is 7.04. The lowest BCUT2D eigenvalue weighted by Gasteiger charge is -2.46. The Hall–Kier alpha value is -3.72. The Balaban J connectivity index is 1.26. The lowest BCUT2D eigenvalue weighted by molar-refractivity contribution is -0.384. The first-order chi connectivity index (χ1) is 17.1. The van der Waals surface area contributed by atoms with E-state index in [1.54, 1.807) is 5.38 Å². The maximum atomic E-state index is 13.1. The molecule has 1 aliphatic carbocycles. The first-order valence-electron chi connectivity index (χ1n) is 10.7. The number of β-lactam (4-membered cyclic amide) rings is 1. The molecule has 2 saturated heterocycles. The number of nitrogens with one attached hydrogen (secondary N) is 1. The van der Waals surface area contributed by atoms with Crippen LogP contribution in [-0.2, 0) is 30.6 Å². The zero-order chi connectivity index (χ0) is 25.8. The zero-order valence-corrected chi connectivity index (χ0v) is 20.6. The van der Waals surface area contributed by atoms with Gasteiger partial charge in [-0.2, -0.15) is 0 Å². The fourth-order valence-electron chi connectivity index (χ4n) is 4.58. The number of aromatic nitrogens is 1. The van der Waals surface area contributed by atoms with Crippen LogP contribution >= 0.6 is 23.1 Å². The number of nitrogens with zero attached hydrogens (tertiary/aromatic N) is 4. The molecular weight excluding hydrogens is 512 g/mol. The largest absolute Gasteiger partial charge is 0.459 e. The number of benzene rings is 1. The number of hydrogen-bond donors (Lipinski definition) is 2. The number of nitro benzene ring substituents is 1. The van der Waals surface area contributed by atoms with Gasteiger partial charge in [-0.25, -0.2) is 9.78 Å². The summed E-state index contributed by atoms with van der Waals surface area (Å²) in [6.07, 6.45) is 0.432. The van der Waals surface area contributed by atoms with Crippen molar-refractivity contribution < 1.29 is 28.9 Å². The third-order valence-corrected chi connectivity index (χ3v) is 8.88. The number of nitrogens with two attached hydrogens (primary N) is 1. The lowest BCUT2D eigenvalue weighted by Crippen LogP contribution is -2.72. The average molecular weight is 533 g/mol. The Morgan fingerprint density at radius 3 is 2.72 bits per heavy atom. The van der Waals surface area contributed by atoms with Crippen LogP contribution in [0.1, 0.15) is 24.6 Å². The second kappa shape index (κ2) is 8.44. The second-order valence-electron chi connectivity index (χ2n) is 8.63. The number of thiazole rings is 1. The molecule has 4 atom stereocenters. The summed E-state index contributed by atoms with van der Waals surface area (Å²) in [4.78, 5) is 59.7. The number of anilines is 1. The molecule has 1 aromatic carbocycles. The summed E-state index contributed by atoms with van der Waals surface area (Å²) in [5, 5.41) is 18.6. The van der Waals surface area contributed by atoms with E-state index in [1.165, 1.54) is 48.0 Å². The monoisotopic (exact) mass is 532 g/mol. The third-order valence-electron chi connectivity index (χ3n) is 6.48. The SMILES string of the molecule is CO/N=C(\C(=O)N[C@@H]1C(=O)N2[C@@H]1SC1(C)C[C@]21C(=O)OCc1ccc([N+](=O)[O-])cc1)c1csc(N)n1. The molecule has 188 valence electrons. The van der Waals surface area contributed by atoms with Gasteiger partial charge in [0.1, 0.15) is 30.8 Å². The molecule has 15 heteroatoms. The van der Waals surface area contributed by atoms with Crippen molar-refractivity contribution in [3.8, 4) is 0 Å². The minimum atomic E-state index is -1.12. The van der Waals surface area contributed by atoms with E-state index < -0.39 is 44.4 Å². The minimum Gasteiger partial charge on any atom is -0.459 e. The van der Waals surface area contributed by atoms with Gasteiger partial charge in [-0.3, -0.25) is 19.7 Å². The number of ether oxygens (including phenoxy) is 1. The molecule has 0 spiro atoms. The average Bonchev–Trinajstić information content (AvgIpc) is 3.11. The van der Waals surface area contributed by atoms with Gasteiger partial charge < -0.3 is 25.5 Å². The molecule has 1 unspecified atom stereocenters. The number of oxime groups is 1. The van der Waals surface area contributed by atoms with E-state index in [-0.39, 0.29) is 28.8 Å². The van der Waals surface area contributed by atoms with Crippen molar-refractivity contribution in [2.24, 2.45) is 5.16 Å². The van der Waals surface area contributed by atoms with Crippen molar-refractivity contribution in [2.45, 2.75) is 41.7 Å². The van der Waals surface area contributed by atoms with Crippen LogP contribution in [0.25, 0.3) is 0 Å². The number of fused-ring (bicyclic) bond motifs is 3. The van der Waals surface area contributed by atoms with Crippen molar-refractivity contribution in [3.05, 3.63) is 51.0 Å². The second-order valence-corrected chi connectivity index (χ2v) is 11.1. The van der Waals surface area contributed by atoms with Crippen LogP contribution < -0.4 is 11.1 Å². The lowest BCUT2D eigenvalue weighted by atomic mass is 10.0. The molecule has 1 saturated carbocycles. The van der Waals surface area contributed by atoms with Gasteiger partial charge in [0, 0.05) is 23.9 Å². The Kier molecular flexibility index (Phi) is 5.63. The fraction of sp³-hybridized carbons (Fsp3) is 0.381. The smallest absolute Gasteiger partial charge is 0.333 e. The van der Waals surface area contributed by atoms with Crippen LogP contribution in [0.15, 0.2) is 34.8 Å². The topological polar surface area (TPSA) is 179 Å². The number of nitro groups is 1. The van der Waals surface area contributed by atoms with Crippen molar-refractivity contribution in [2.75, 3.05) is 12.8 Å². The van der Waals surface area contributed by atoms with Gasteiger partial charge in [0.05, 0.1) is 9.67 Å². The van der Waals surface area contributed by atoms with Gasteiger partial charge in [-0.15, -0.1) is 23.1 Å². The molecule has 0 bridgehead atoms. The summed E-state index contributed by atoms with van der Waals surface area (Å²) in [6, 6.07) is 4.83. The summed E-state index contributed by atoms with van der Waals surface area (Å²) < 4.78 is 4.96. The number of rotatable bonds is 8. The highest BCUT2D eigenvalue weighted by Gasteiger charge is 2.85. The van der Waals surface area contributed by atoms with Gasteiger partial charge in [-0.1, -0.05) is 5.16 Å². The van der Waals surface area contributed by atoms with Gasteiger partial charge >= 0.3 is 5.97 Å². The van der Waals surface area contributed by atoms with E-state index in [1.807, 2.05) is 6.92 Å². The number of hydrogen-bond acceptors (Lipinski definition) is 12. The summed E-state index contributed by atoms with van der Waals surface area (Å²) >= 11 is 2.57. The molecule has 2 amide bonds. The first-order valence-corrected chi connectivity index (χ1v) is 12.4. The van der Waals surface area contributed by atoms with Crippen molar-refractivity contribution in [1.82, 2.24) is 15.2 Å². The number of non-ortho nitro benzene ring substituents is 1. The minimum absolute atomic E-state index is 0.0651. The van der Waals surface area contributed by atoms with Crippen LogP contribution in [0.3, 0.4) is 0 Å². The zero-order valence-electron chi connectivity index (χ0n) is 19.0. The highest BCUT2D eigenvalue weighted by Crippen LogP contribution is 2.72. The molecule has 2 aromatic rings. The van der Waals surface area contributed by atoms with E-state index in [2.05, 4.69) is 15.5 Å². The predicted molar refractivity (Wildman–Crippen MR) is 129 cm³/mol. The van der Waals surface area contributed by atoms with E-state index in [0.717, 1.165) is 11.3 Å².